The summed E-state index contributed by atoms with van der Waals surface area (Å²) in [5.74, 6) is -3.17. The van der Waals surface area contributed by atoms with E-state index in [9.17, 15) is 29.0 Å². The number of aromatic hydroxyl groups is 1. The van der Waals surface area contributed by atoms with Crippen molar-refractivity contribution in [2.75, 3.05) is 11.9 Å². The summed E-state index contributed by atoms with van der Waals surface area (Å²) in [7, 11) is 0. The second kappa shape index (κ2) is 10.3. The number of rotatable bonds is 8. The molecule has 0 heterocycles. The van der Waals surface area contributed by atoms with E-state index >= 15 is 0 Å². The largest absolute Gasteiger partial charge is 0.508 e. The first-order valence-electron chi connectivity index (χ1n) is 11.0. The molecule has 0 radical (unpaired) electrons. The van der Waals surface area contributed by atoms with Gasteiger partial charge >= 0.3 is 12.1 Å². The van der Waals surface area contributed by atoms with E-state index in [2.05, 4.69) is 10.6 Å². The number of benzene rings is 3. The molecule has 4 rings (SSSR count). The molecule has 1 aliphatic carbocycles. The molecular weight excluding hydrogens is 455 g/mol. The summed E-state index contributed by atoms with van der Waals surface area (Å²) in [6, 6.07) is 17.4. The highest BCUT2D eigenvalue weighted by atomic mass is 19.1. The highest BCUT2D eigenvalue weighted by Crippen LogP contribution is 2.44. The first-order chi connectivity index (χ1) is 16.8. The summed E-state index contributed by atoms with van der Waals surface area (Å²) in [6.45, 7) is 0.0173. The van der Waals surface area contributed by atoms with Gasteiger partial charge in [0, 0.05) is 18.4 Å². The number of carbonyl (C=O) groups is 3. The number of ether oxygens (including phenoxy) is 1. The number of alkyl carbamates (subject to hydrolysis) is 1. The van der Waals surface area contributed by atoms with E-state index in [1.165, 1.54) is 0 Å². The van der Waals surface area contributed by atoms with Crippen LogP contribution < -0.4 is 10.6 Å². The topological polar surface area (TPSA) is 125 Å². The maximum absolute atomic E-state index is 13.7. The minimum Gasteiger partial charge on any atom is -0.508 e. The average Bonchev–Trinajstić information content (AvgIpc) is 3.16. The number of fused-ring (bicyclic) bond motifs is 3. The predicted molar refractivity (Wildman–Crippen MR) is 126 cm³/mol. The van der Waals surface area contributed by atoms with Crippen LogP contribution in [0.2, 0.25) is 0 Å². The van der Waals surface area contributed by atoms with E-state index in [0.29, 0.717) is 0 Å². The lowest BCUT2D eigenvalue weighted by molar-refractivity contribution is -0.139. The number of carboxylic acids is 1. The fourth-order valence-electron chi connectivity index (χ4n) is 4.14. The van der Waals surface area contributed by atoms with Gasteiger partial charge in [-0.25, -0.2) is 14.0 Å². The summed E-state index contributed by atoms with van der Waals surface area (Å²) in [5, 5.41) is 23.4. The van der Waals surface area contributed by atoms with E-state index < -0.39 is 29.8 Å². The molecule has 0 unspecified atom stereocenters. The lowest BCUT2D eigenvalue weighted by atomic mass is 9.98. The van der Waals surface area contributed by atoms with Gasteiger partial charge < -0.3 is 25.6 Å². The number of carbonyl (C=O) groups excluding carboxylic acids is 2. The Kier molecular flexibility index (Phi) is 6.96. The van der Waals surface area contributed by atoms with Gasteiger partial charge in [-0.15, -0.1) is 0 Å². The molecule has 35 heavy (non-hydrogen) atoms. The second-order valence-corrected chi connectivity index (χ2v) is 8.11. The first-order valence-corrected chi connectivity index (χ1v) is 11.0. The van der Waals surface area contributed by atoms with Gasteiger partial charge in [0.25, 0.3) is 0 Å². The van der Waals surface area contributed by atoms with Crippen molar-refractivity contribution in [1.29, 1.82) is 0 Å². The first kappa shape index (κ1) is 23.7. The maximum atomic E-state index is 13.7. The predicted octanol–water partition coefficient (Wildman–Crippen LogP) is 4.24. The number of amides is 2. The van der Waals surface area contributed by atoms with E-state index in [0.717, 1.165) is 40.5 Å². The molecular formula is C26H23FN2O6. The number of halogens is 1. The molecule has 1 atom stereocenters. The minimum absolute atomic E-state index is 0.0173. The molecule has 8 nitrogen and oxygen atoms in total. The zero-order valence-corrected chi connectivity index (χ0v) is 18.5. The highest BCUT2D eigenvalue weighted by molar-refractivity contribution is 5.91. The molecule has 0 saturated heterocycles. The summed E-state index contributed by atoms with van der Waals surface area (Å²) >= 11 is 0. The molecule has 180 valence electrons. The fraction of sp³-hybridized carbons (Fsp3) is 0.192. The van der Waals surface area contributed by atoms with Crippen molar-refractivity contribution >= 4 is 23.7 Å². The van der Waals surface area contributed by atoms with Crippen molar-refractivity contribution < 1.29 is 33.7 Å². The summed E-state index contributed by atoms with van der Waals surface area (Å²) in [6.07, 6.45) is -1.47. The summed E-state index contributed by atoms with van der Waals surface area (Å²) in [5.41, 5.74) is 3.94. The number of anilines is 1. The monoisotopic (exact) mass is 478 g/mol. The van der Waals surface area contributed by atoms with Gasteiger partial charge in [0.2, 0.25) is 5.91 Å². The second-order valence-electron chi connectivity index (χ2n) is 8.11. The molecule has 1 aliphatic rings. The number of phenolic OH excluding ortho intramolecular Hbond substituents is 1. The Morgan fingerprint density at radius 2 is 1.60 bits per heavy atom. The van der Waals surface area contributed by atoms with Crippen LogP contribution in [0.1, 0.15) is 29.9 Å². The Labute approximate surface area is 200 Å². The van der Waals surface area contributed by atoms with Crippen LogP contribution in [-0.4, -0.2) is 40.8 Å². The van der Waals surface area contributed by atoms with E-state index in [1.54, 1.807) is 0 Å². The quantitative estimate of drug-likeness (QED) is 0.384. The molecule has 4 N–H and O–H groups in total. The van der Waals surface area contributed by atoms with Crippen molar-refractivity contribution in [2.24, 2.45) is 0 Å². The molecule has 0 saturated carbocycles. The van der Waals surface area contributed by atoms with Crippen LogP contribution in [0.3, 0.4) is 0 Å². The van der Waals surface area contributed by atoms with E-state index in [-0.39, 0.29) is 36.8 Å². The Hall–Kier alpha value is -4.40. The lowest BCUT2D eigenvalue weighted by Gasteiger charge is -2.17. The van der Waals surface area contributed by atoms with Gasteiger partial charge in [-0.3, -0.25) is 4.79 Å². The van der Waals surface area contributed by atoms with Crippen molar-refractivity contribution in [3.63, 3.8) is 0 Å². The standard InChI is InChI=1S/C26H23FN2O6/c27-21-10-9-15(30)13-23(21)28-24(31)12-11-22(25(32)33)29-26(34)35-14-20-18-7-3-1-5-16(18)17-6-2-4-8-19(17)20/h1-10,13,20,22,30H,11-12,14H2,(H,28,31)(H,29,34)(H,32,33)/t22-/m0/s1. The van der Waals surface area contributed by atoms with E-state index in [4.69, 9.17) is 4.74 Å². The Balaban J connectivity index is 1.33. The van der Waals surface area contributed by atoms with Gasteiger partial charge in [0.15, 0.2) is 0 Å². The molecule has 3 aromatic carbocycles. The minimum atomic E-state index is -1.38. The molecule has 2 amide bonds. The SMILES string of the molecule is O=C(CC[C@H](NC(=O)OCC1c2ccccc2-c2ccccc21)C(=O)O)Nc1cc(O)ccc1F. The third kappa shape index (κ3) is 5.40. The Bertz CT molecular complexity index is 1230. The molecule has 0 spiro atoms. The molecule has 0 bridgehead atoms. The van der Waals surface area contributed by atoms with E-state index in [1.807, 2.05) is 48.5 Å². The molecule has 0 aliphatic heterocycles. The molecule has 3 aromatic rings. The number of phenols is 1. The Morgan fingerprint density at radius 3 is 2.23 bits per heavy atom. The maximum Gasteiger partial charge on any atom is 0.407 e. The van der Waals surface area contributed by atoms with Gasteiger partial charge in [0.1, 0.15) is 24.2 Å². The van der Waals surface area contributed by atoms with Crippen molar-refractivity contribution in [2.45, 2.75) is 24.8 Å². The third-order valence-electron chi connectivity index (χ3n) is 5.82. The van der Waals surface area contributed by atoms with Gasteiger partial charge in [-0.1, -0.05) is 48.5 Å². The van der Waals surface area contributed by atoms with Crippen molar-refractivity contribution in [3.05, 3.63) is 83.7 Å². The molecule has 9 heteroatoms. The normalized spacial score (nSPS) is 12.8. The smallest absolute Gasteiger partial charge is 0.407 e. The van der Waals surface area contributed by atoms with Crippen LogP contribution in [0.5, 0.6) is 5.75 Å². The van der Waals surface area contributed by atoms with Crippen LogP contribution in [-0.2, 0) is 14.3 Å². The van der Waals surface area contributed by atoms with Crippen LogP contribution in [0.4, 0.5) is 14.9 Å². The molecule has 0 fully saturated rings. The van der Waals surface area contributed by atoms with Gasteiger partial charge in [-0.2, -0.15) is 0 Å². The lowest BCUT2D eigenvalue weighted by Crippen LogP contribution is -2.42. The summed E-state index contributed by atoms with van der Waals surface area (Å²) in [4.78, 5) is 36.1. The van der Waals surface area contributed by atoms with Crippen LogP contribution in [0, 0.1) is 5.82 Å². The average molecular weight is 478 g/mol. The molecule has 0 aromatic heterocycles. The highest BCUT2D eigenvalue weighted by Gasteiger charge is 2.30. The third-order valence-corrected chi connectivity index (χ3v) is 5.82. The number of hydrogen-bond donors (Lipinski definition) is 4. The number of hydrogen-bond acceptors (Lipinski definition) is 5. The number of carboxylic acid groups (broad SMARTS) is 1. The number of nitrogens with one attached hydrogen (secondary N) is 2. The number of aliphatic carboxylic acids is 1. The van der Waals surface area contributed by atoms with Crippen molar-refractivity contribution in [1.82, 2.24) is 5.32 Å². The fourth-order valence-corrected chi connectivity index (χ4v) is 4.14. The van der Waals surface area contributed by atoms with Crippen LogP contribution in [0.15, 0.2) is 66.7 Å². The van der Waals surface area contributed by atoms with Crippen LogP contribution in [0.25, 0.3) is 11.1 Å². The zero-order chi connectivity index (χ0) is 24.9. The Morgan fingerprint density at radius 1 is 0.971 bits per heavy atom. The summed E-state index contributed by atoms with van der Waals surface area (Å²) < 4.78 is 19.1. The van der Waals surface area contributed by atoms with Crippen LogP contribution >= 0.6 is 0 Å². The van der Waals surface area contributed by atoms with Crippen molar-refractivity contribution in [3.8, 4) is 16.9 Å². The zero-order valence-electron chi connectivity index (χ0n) is 18.5. The van der Waals surface area contributed by atoms with Gasteiger partial charge in [-0.05, 0) is 40.8 Å². The van der Waals surface area contributed by atoms with Gasteiger partial charge in [0.05, 0.1) is 5.69 Å².